The number of carbonyl (C=O) groups is 1. The van der Waals surface area contributed by atoms with Crippen LogP contribution in [0.25, 0.3) is 0 Å². The third-order valence-corrected chi connectivity index (χ3v) is 0.135. The minimum atomic E-state index is -4.67. The number of rotatable bonds is 1. The Morgan fingerprint density at radius 1 is 1.30 bits per heavy atom. The minimum absolute atomic E-state index is 0.778. The van der Waals surface area contributed by atoms with Crippen LogP contribution in [0, 0.1) is 0 Å². The molecule has 8 heteroatoms. The van der Waals surface area contributed by atoms with Crippen LogP contribution in [0.15, 0.2) is 0 Å². The predicted octanol–water partition coefficient (Wildman–Crippen LogP) is -1.59. The molecule has 0 unspecified atom stereocenters. The Labute approximate surface area is 56.5 Å². The molecule has 0 bridgehead atoms. The highest BCUT2D eigenvalue weighted by Gasteiger charge is 1.84. The lowest BCUT2D eigenvalue weighted by atomic mass is 10.8. The summed E-state index contributed by atoms with van der Waals surface area (Å²) in [6.07, 6.45) is 0. The molecule has 0 saturated carbocycles. The smallest absolute Gasteiger partial charge is 0.394 e. The number of hydrogen-bond donors (Lipinski definition) is 4. The van der Waals surface area contributed by atoms with Gasteiger partial charge in [0.15, 0.2) is 0 Å². The van der Waals surface area contributed by atoms with Gasteiger partial charge in [-0.2, -0.15) is 8.42 Å². The molecular weight excluding hydrogens is 168 g/mol. The van der Waals surface area contributed by atoms with Gasteiger partial charge in [0.1, 0.15) is 6.61 Å². The van der Waals surface area contributed by atoms with Gasteiger partial charge in [-0.25, -0.2) is 4.79 Å². The Kier molecular flexibility index (Phi) is 6.15. The molecule has 0 aliphatic rings. The van der Waals surface area contributed by atoms with Crippen molar-refractivity contribution in [2.45, 2.75) is 0 Å². The van der Waals surface area contributed by atoms with Crippen molar-refractivity contribution >= 4 is 16.4 Å². The fraction of sp³-hybridized carbons (Fsp3) is 0.500. The Morgan fingerprint density at radius 2 is 1.40 bits per heavy atom. The summed E-state index contributed by atoms with van der Waals surface area (Å²) in [5, 5.41) is 15.0. The van der Waals surface area contributed by atoms with Gasteiger partial charge in [0, 0.05) is 0 Å². The average molecular weight is 174 g/mol. The zero-order valence-electron chi connectivity index (χ0n) is 4.63. The second kappa shape index (κ2) is 5.11. The van der Waals surface area contributed by atoms with Crippen LogP contribution in [0.3, 0.4) is 0 Å². The zero-order chi connectivity index (χ0) is 8.78. The second-order valence-electron chi connectivity index (χ2n) is 1.000. The molecule has 0 amide bonds. The van der Waals surface area contributed by atoms with Gasteiger partial charge >= 0.3 is 16.4 Å². The summed E-state index contributed by atoms with van der Waals surface area (Å²) >= 11 is 0. The lowest BCUT2D eigenvalue weighted by Gasteiger charge is -1.72. The normalized spacial score (nSPS) is 9.50. The maximum Gasteiger partial charge on any atom is 0.394 e. The first-order valence-corrected chi connectivity index (χ1v) is 3.19. The van der Waals surface area contributed by atoms with Gasteiger partial charge in [-0.1, -0.05) is 0 Å². The molecule has 0 aromatic heterocycles. The molecule has 0 saturated heterocycles. The highest BCUT2D eigenvalue weighted by Crippen LogP contribution is 1.59. The first-order chi connectivity index (χ1) is 4.27. The van der Waals surface area contributed by atoms with E-state index in [1.807, 2.05) is 0 Å². The Morgan fingerprint density at radius 3 is 1.40 bits per heavy atom. The van der Waals surface area contributed by atoms with Gasteiger partial charge in [-0.05, 0) is 0 Å². The summed E-state index contributed by atoms with van der Waals surface area (Å²) in [7, 11) is -4.67. The topological polar surface area (TPSA) is 132 Å². The van der Waals surface area contributed by atoms with Crippen molar-refractivity contribution in [3.8, 4) is 0 Å². The lowest BCUT2D eigenvalue weighted by molar-refractivity contribution is -0.140. The van der Waals surface area contributed by atoms with Crippen molar-refractivity contribution in [3.63, 3.8) is 0 Å². The first-order valence-electron chi connectivity index (χ1n) is 1.80. The summed E-state index contributed by atoms with van der Waals surface area (Å²) < 4.78 is 31.6. The van der Waals surface area contributed by atoms with E-state index in [1.165, 1.54) is 0 Å². The zero-order valence-corrected chi connectivity index (χ0v) is 5.45. The van der Waals surface area contributed by atoms with Gasteiger partial charge in [0.2, 0.25) is 0 Å². The highest BCUT2D eigenvalue weighted by molar-refractivity contribution is 7.79. The van der Waals surface area contributed by atoms with Gasteiger partial charge in [0.05, 0.1) is 0 Å². The summed E-state index contributed by atoms with van der Waals surface area (Å²) in [5.41, 5.74) is 0. The van der Waals surface area contributed by atoms with Crippen molar-refractivity contribution in [2.75, 3.05) is 6.61 Å². The number of aliphatic hydroxyl groups excluding tert-OH is 1. The van der Waals surface area contributed by atoms with E-state index in [4.69, 9.17) is 32.5 Å². The number of carboxylic acid groups (broad SMARTS) is 1. The van der Waals surface area contributed by atoms with Crippen LogP contribution >= 0.6 is 0 Å². The molecular formula is C2H6O7S. The Hall–Kier alpha value is -0.700. The third kappa shape index (κ3) is 171. The summed E-state index contributed by atoms with van der Waals surface area (Å²) in [6.45, 7) is -0.778. The monoisotopic (exact) mass is 174 g/mol. The number of hydrogen-bond acceptors (Lipinski definition) is 4. The van der Waals surface area contributed by atoms with Crippen LogP contribution in [0.1, 0.15) is 0 Å². The van der Waals surface area contributed by atoms with Gasteiger partial charge < -0.3 is 10.2 Å². The number of aliphatic hydroxyl groups is 1. The quantitative estimate of drug-likeness (QED) is 0.352. The molecule has 0 fully saturated rings. The van der Waals surface area contributed by atoms with Crippen LogP contribution in [-0.4, -0.2) is 40.3 Å². The van der Waals surface area contributed by atoms with E-state index in [-0.39, 0.29) is 0 Å². The lowest BCUT2D eigenvalue weighted by Crippen LogP contribution is -1.98. The number of carboxylic acids is 1. The molecule has 0 rings (SSSR count). The summed E-state index contributed by atoms with van der Waals surface area (Å²) in [4.78, 5) is 9.12. The molecule has 0 aliphatic heterocycles. The fourth-order valence-electron chi connectivity index (χ4n) is 0. The van der Waals surface area contributed by atoms with E-state index in [0.717, 1.165) is 0 Å². The van der Waals surface area contributed by atoms with Crippen LogP contribution in [0.2, 0.25) is 0 Å². The average Bonchev–Trinajstić information content (AvgIpc) is 1.61. The molecule has 0 radical (unpaired) electrons. The Bertz CT molecular complexity index is 170. The van der Waals surface area contributed by atoms with Crippen molar-refractivity contribution in [3.05, 3.63) is 0 Å². The summed E-state index contributed by atoms with van der Waals surface area (Å²) in [5.74, 6) is -1.19. The van der Waals surface area contributed by atoms with Crippen molar-refractivity contribution in [1.82, 2.24) is 0 Å². The van der Waals surface area contributed by atoms with Crippen LogP contribution in [0.4, 0.5) is 0 Å². The number of aliphatic carboxylic acids is 1. The summed E-state index contributed by atoms with van der Waals surface area (Å²) in [6, 6.07) is 0. The minimum Gasteiger partial charge on any atom is -0.480 e. The molecule has 0 spiro atoms. The van der Waals surface area contributed by atoms with E-state index >= 15 is 0 Å². The van der Waals surface area contributed by atoms with Gasteiger partial charge in [-0.15, -0.1) is 0 Å². The fourth-order valence-corrected chi connectivity index (χ4v) is 0. The first kappa shape index (κ1) is 12.0. The van der Waals surface area contributed by atoms with Crippen LogP contribution in [-0.2, 0) is 15.2 Å². The molecule has 0 heterocycles. The van der Waals surface area contributed by atoms with E-state index < -0.39 is 23.0 Å². The molecule has 4 N–H and O–H groups in total. The van der Waals surface area contributed by atoms with Crippen molar-refractivity contribution < 1.29 is 32.5 Å². The maximum absolute atomic E-state index is 9.12. The SMILES string of the molecule is O=C(O)CO.O=S(=O)(O)O. The molecule has 0 aliphatic carbocycles. The van der Waals surface area contributed by atoms with E-state index in [1.54, 1.807) is 0 Å². The van der Waals surface area contributed by atoms with Gasteiger partial charge in [-0.3, -0.25) is 9.11 Å². The van der Waals surface area contributed by atoms with Gasteiger partial charge in [0.25, 0.3) is 0 Å². The van der Waals surface area contributed by atoms with E-state index in [0.29, 0.717) is 0 Å². The van der Waals surface area contributed by atoms with E-state index in [2.05, 4.69) is 0 Å². The molecule has 0 aromatic rings. The predicted molar refractivity (Wildman–Crippen MR) is 28.9 cm³/mol. The molecule has 7 nitrogen and oxygen atoms in total. The molecule has 10 heavy (non-hydrogen) atoms. The second-order valence-corrected chi connectivity index (χ2v) is 1.90. The van der Waals surface area contributed by atoms with E-state index in [9.17, 15) is 0 Å². The highest BCUT2D eigenvalue weighted by atomic mass is 32.3. The van der Waals surface area contributed by atoms with Crippen molar-refractivity contribution in [2.24, 2.45) is 0 Å². The third-order valence-electron chi connectivity index (χ3n) is 0.135. The standard InChI is InChI=1S/C2H4O3.H2O4S/c3-1-2(4)5;1-5(2,3)4/h3H,1H2,(H,4,5);(H2,1,2,3,4). The van der Waals surface area contributed by atoms with Crippen molar-refractivity contribution in [1.29, 1.82) is 0 Å². The van der Waals surface area contributed by atoms with Crippen LogP contribution in [0.5, 0.6) is 0 Å². The largest absolute Gasteiger partial charge is 0.480 e. The molecule has 62 valence electrons. The molecule has 0 atom stereocenters. The molecule has 0 aromatic carbocycles. The Balaban J connectivity index is 0. The van der Waals surface area contributed by atoms with Crippen LogP contribution < -0.4 is 0 Å². The maximum atomic E-state index is 9.12.